The monoisotopic (exact) mass is 518 g/mol. The lowest BCUT2D eigenvalue weighted by Crippen LogP contribution is -2.44. The van der Waals surface area contributed by atoms with E-state index in [1.807, 2.05) is 11.8 Å². The Morgan fingerprint density at radius 3 is 2.82 bits per heavy atom. The Kier molecular flexibility index (Phi) is 7.45. The molecule has 3 aromatic heterocycles. The number of morpholine rings is 1. The summed E-state index contributed by atoms with van der Waals surface area (Å²) < 4.78 is 77.3. The van der Waals surface area contributed by atoms with Gasteiger partial charge in [-0.3, -0.25) is 14.2 Å². The van der Waals surface area contributed by atoms with E-state index >= 15 is 0 Å². The fraction of sp³-hybridized carbons (Fsp3) is 0.474. The summed E-state index contributed by atoms with van der Waals surface area (Å²) in [5, 5.41) is 7.17. The third-order valence-electron chi connectivity index (χ3n) is 4.98. The zero-order valence-electron chi connectivity index (χ0n) is 18.0. The summed E-state index contributed by atoms with van der Waals surface area (Å²) in [5.74, 6) is -1.87. The van der Waals surface area contributed by atoms with Gasteiger partial charge in [0.05, 0.1) is 49.3 Å². The van der Waals surface area contributed by atoms with Gasteiger partial charge in [-0.2, -0.15) is 8.78 Å². The van der Waals surface area contributed by atoms with Gasteiger partial charge in [-0.05, 0) is 6.92 Å². The van der Waals surface area contributed by atoms with E-state index in [9.17, 15) is 21.6 Å². The van der Waals surface area contributed by atoms with Crippen molar-refractivity contribution in [2.24, 2.45) is 0 Å². The van der Waals surface area contributed by atoms with E-state index in [2.05, 4.69) is 20.2 Å². The molecule has 1 aliphatic heterocycles. The van der Waals surface area contributed by atoms with Crippen molar-refractivity contribution in [3.8, 4) is 10.8 Å². The number of aromatic nitrogens is 4. The smallest absolute Gasteiger partial charge is 0.314 e. The zero-order valence-corrected chi connectivity index (χ0v) is 19.6. The SMILES string of the molecule is C[C@@H]1CN(CCS(=O)(=O)N(Cc2ncc(-c3nnc(C(F)F)o3)s2)c2cncc(F)c2)CCO1. The molecule has 0 radical (unpaired) electrons. The molecule has 1 aliphatic rings. The molecule has 34 heavy (non-hydrogen) atoms. The number of alkyl halides is 2. The van der Waals surface area contributed by atoms with Crippen LogP contribution in [0.1, 0.15) is 24.2 Å². The third kappa shape index (κ3) is 5.89. The van der Waals surface area contributed by atoms with Gasteiger partial charge in [0, 0.05) is 25.7 Å². The summed E-state index contributed by atoms with van der Waals surface area (Å²) in [7, 11) is -3.91. The average molecular weight is 519 g/mol. The highest BCUT2D eigenvalue weighted by molar-refractivity contribution is 7.92. The van der Waals surface area contributed by atoms with Crippen LogP contribution in [0.15, 0.2) is 29.1 Å². The topological polar surface area (TPSA) is 115 Å². The lowest BCUT2D eigenvalue weighted by Gasteiger charge is -2.31. The molecule has 15 heteroatoms. The van der Waals surface area contributed by atoms with Crippen LogP contribution in [0.5, 0.6) is 0 Å². The molecule has 10 nitrogen and oxygen atoms in total. The second-order valence-electron chi connectivity index (χ2n) is 7.53. The Morgan fingerprint density at radius 2 is 2.12 bits per heavy atom. The molecule has 184 valence electrons. The molecule has 1 fully saturated rings. The Hall–Kier alpha value is -2.62. The molecule has 0 N–H and O–H groups in total. The summed E-state index contributed by atoms with van der Waals surface area (Å²) in [6, 6.07) is 1.07. The van der Waals surface area contributed by atoms with E-state index < -0.39 is 28.2 Å². The summed E-state index contributed by atoms with van der Waals surface area (Å²) in [6.07, 6.45) is 0.639. The van der Waals surface area contributed by atoms with Crippen LogP contribution < -0.4 is 4.31 Å². The minimum Gasteiger partial charge on any atom is -0.414 e. The van der Waals surface area contributed by atoms with E-state index in [1.165, 1.54) is 12.4 Å². The third-order valence-corrected chi connectivity index (χ3v) is 7.66. The Morgan fingerprint density at radius 1 is 1.29 bits per heavy atom. The van der Waals surface area contributed by atoms with Gasteiger partial charge in [-0.1, -0.05) is 0 Å². The van der Waals surface area contributed by atoms with Crippen LogP contribution in [0.4, 0.5) is 18.9 Å². The average Bonchev–Trinajstić information content (AvgIpc) is 3.46. The first-order valence-corrected chi connectivity index (χ1v) is 12.7. The number of pyridine rings is 1. The number of thiazole rings is 1. The minimum absolute atomic E-state index is 0.00371. The molecule has 1 saturated heterocycles. The largest absolute Gasteiger partial charge is 0.414 e. The Balaban J connectivity index is 1.55. The summed E-state index contributed by atoms with van der Waals surface area (Å²) in [6.45, 7) is 3.71. The normalized spacial score (nSPS) is 17.4. The standard InChI is InChI=1S/C19H21F3N6O4S2/c1-12-10-27(2-4-31-12)3-5-34(29,30)28(14-6-13(20)7-23-8-14)11-16-24-9-15(33-16)18-25-26-19(32-18)17(21)22/h6-9,12,17H,2-5,10-11H2,1H3/t12-/m1/s1. The first-order valence-electron chi connectivity index (χ1n) is 10.2. The van der Waals surface area contributed by atoms with Gasteiger partial charge >= 0.3 is 6.43 Å². The molecule has 4 rings (SSSR count). The lowest BCUT2D eigenvalue weighted by molar-refractivity contribution is -0.0160. The molecule has 0 amide bonds. The summed E-state index contributed by atoms with van der Waals surface area (Å²) in [4.78, 5) is 10.2. The van der Waals surface area contributed by atoms with Gasteiger partial charge < -0.3 is 9.15 Å². The highest BCUT2D eigenvalue weighted by atomic mass is 32.2. The van der Waals surface area contributed by atoms with E-state index in [1.54, 1.807) is 0 Å². The van der Waals surface area contributed by atoms with Crippen LogP contribution in [-0.4, -0.2) is 71.6 Å². The van der Waals surface area contributed by atoms with E-state index in [-0.39, 0.29) is 36.5 Å². The maximum absolute atomic E-state index is 13.9. The molecular weight excluding hydrogens is 497 g/mol. The van der Waals surface area contributed by atoms with Crippen molar-refractivity contribution in [1.82, 2.24) is 25.1 Å². The Bertz CT molecular complexity index is 1220. The second-order valence-corrected chi connectivity index (χ2v) is 10.7. The fourth-order valence-corrected chi connectivity index (χ4v) is 5.72. The van der Waals surface area contributed by atoms with E-state index in [0.717, 1.165) is 27.9 Å². The fourth-order valence-electron chi connectivity index (χ4n) is 3.36. The minimum atomic E-state index is -3.91. The quantitative estimate of drug-likeness (QED) is 0.422. The van der Waals surface area contributed by atoms with Crippen LogP contribution in [0.25, 0.3) is 10.8 Å². The van der Waals surface area contributed by atoms with Crippen molar-refractivity contribution >= 4 is 27.0 Å². The number of nitrogens with zero attached hydrogens (tertiary/aromatic N) is 6. The number of hydrogen-bond acceptors (Lipinski definition) is 10. The van der Waals surface area contributed by atoms with Crippen LogP contribution in [-0.2, 0) is 21.3 Å². The van der Waals surface area contributed by atoms with Crippen LogP contribution in [0.3, 0.4) is 0 Å². The summed E-state index contributed by atoms with van der Waals surface area (Å²) in [5.41, 5.74) is 0.0462. The van der Waals surface area contributed by atoms with Gasteiger partial charge in [0.2, 0.25) is 10.0 Å². The number of rotatable bonds is 9. The van der Waals surface area contributed by atoms with Crippen LogP contribution in [0.2, 0.25) is 0 Å². The van der Waals surface area contributed by atoms with Crippen molar-refractivity contribution in [1.29, 1.82) is 0 Å². The van der Waals surface area contributed by atoms with Crippen molar-refractivity contribution in [2.45, 2.75) is 26.0 Å². The lowest BCUT2D eigenvalue weighted by atomic mass is 10.3. The van der Waals surface area contributed by atoms with E-state index in [0.29, 0.717) is 29.6 Å². The maximum atomic E-state index is 13.9. The van der Waals surface area contributed by atoms with Gasteiger partial charge in [-0.15, -0.1) is 21.5 Å². The Labute approximate surface area is 197 Å². The van der Waals surface area contributed by atoms with Crippen molar-refractivity contribution in [3.63, 3.8) is 0 Å². The van der Waals surface area contributed by atoms with Gasteiger partial charge in [-0.25, -0.2) is 17.8 Å². The van der Waals surface area contributed by atoms with Gasteiger partial charge in [0.15, 0.2) is 0 Å². The highest BCUT2D eigenvalue weighted by Crippen LogP contribution is 2.30. The number of sulfonamides is 1. The molecule has 0 bridgehead atoms. The first kappa shape index (κ1) is 24.5. The predicted octanol–water partition coefficient (Wildman–Crippen LogP) is 2.72. The number of halogens is 3. The van der Waals surface area contributed by atoms with Crippen molar-refractivity contribution < 1.29 is 30.7 Å². The van der Waals surface area contributed by atoms with Crippen LogP contribution in [0, 0.1) is 5.82 Å². The summed E-state index contributed by atoms with van der Waals surface area (Å²) >= 11 is 1.00. The van der Waals surface area contributed by atoms with Crippen LogP contribution >= 0.6 is 11.3 Å². The molecule has 0 aromatic carbocycles. The zero-order chi connectivity index (χ0) is 24.3. The molecule has 0 aliphatic carbocycles. The maximum Gasteiger partial charge on any atom is 0.314 e. The number of hydrogen-bond donors (Lipinski definition) is 0. The molecule has 0 unspecified atom stereocenters. The molecule has 3 aromatic rings. The molecule has 0 spiro atoms. The predicted molar refractivity (Wildman–Crippen MR) is 116 cm³/mol. The molecule has 4 heterocycles. The van der Waals surface area contributed by atoms with Crippen molar-refractivity contribution in [2.75, 3.05) is 36.3 Å². The highest BCUT2D eigenvalue weighted by Gasteiger charge is 2.27. The van der Waals surface area contributed by atoms with Gasteiger partial charge in [0.1, 0.15) is 15.7 Å². The van der Waals surface area contributed by atoms with Gasteiger partial charge in [0.25, 0.3) is 11.8 Å². The second kappa shape index (κ2) is 10.3. The van der Waals surface area contributed by atoms with Crippen molar-refractivity contribution in [3.05, 3.63) is 41.4 Å². The number of anilines is 1. The number of ether oxygens (including phenoxy) is 1. The molecule has 0 saturated carbocycles. The first-order chi connectivity index (χ1) is 16.2. The molecule has 1 atom stereocenters. The van der Waals surface area contributed by atoms with E-state index in [4.69, 9.17) is 9.15 Å². The molecular formula is C19H21F3N6O4S2.